The van der Waals surface area contributed by atoms with Crippen LogP contribution in [0.3, 0.4) is 0 Å². The third kappa shape index (κ3) is 4.40. The van der Waals surface area contributed by atoms with Gasteiger partial charge >= 0.3 is 0 Å². The summed E-state index contributed by atoms with van der Waals surface area (Å²) < 4.78 is 23.4. The van der Waals surface area contributed by atoms with Gasteiger partial charge in [-0.25, -0.2) is 13.4 Å². The summed E-state index contributed by atoms with van der Waals surface area (Å²) in [6.07, 6.45) is 6.07. The molecule has 4 unspecified atom stereocenters. The summed E-state index contributed by atoms with van der Waals surface area (Å²) in [6.45, 7) is 1.32. The Morgan fingerprint density at radius 1 is 1.12 bits per heavy atom. The molecule has 142 valence electrons. The van der Waals surface area contributed by atoms with Crippen LogP contribution < -0.4 is 10.6 Å². The fourth-order valence-electron chi connectivity index (χ4n) is 4.78. The number of hydrogen-bond acceptors (Lipinski definition) is 3. The molecule has 1 heterocycles. The molecule has 6 heteroatoms. The fourth-order valence-corrected chi connectivity index (χ4v) is 6.64. The number of nitrogens with one attached hydrogen (secondary N) is 2. The van der Waals surface area contributed by atoms with E-state index in [4.69, 9.17) is 4.99 Å². The monoisotopic (exact) mass is 375 g/mol. The predicted octanol–water partition coefficient (Wildman–Crippen LogP) is 2.35. The van der Waals surface area contributed by atoms with E-state index < -0.39 is 9.84 Å². The zero-order chi connectivity index (χ0) is 18.0. The van der Waals surface area contributed by atoms with Gasteiger partial charge in [0, 0.05) is 12.6 Å². The van der Waals surface area contributed by atoms with Gasteiger partial charge in [0.05, 0.1) is 18.1 Å². The Morgan fingerprint density at radius 3 is 2.62 bits per heavy atom. The number of fused-ring (bicyclic) bond motifs is 2. The molecular formula is C20H29N3O2S. The van der Waals surface area contributed by atoms with Crippen molar-refractivity contribution in [3.05, 3.63) is 35.9 Å². The number of hydrogen-bond donors (Lipinski definition) is 2. The molecule has 4 rings (SSSR count). The van der Waals surface area contributed by atoms with Crippen LogP contribution in [0.5, 0.6) is 0 Å². The lowest BCUT2D eigenvalue weighted by atomic mass is 9.95. The minimum absolute atomic E-state index is 0.198. The molecule has 2 N–H and O–H groups in total. The average molecular weight is 376 g/mol. The van der Waals surface area contributed by atoms with Gasteiger partial charge in [-0.3, -0.25) is 0 Å². The summed E-state index contributed by atoms with van der Waals surface area (Å²) in [6, 6.07) is 10.8. The Balaban J connectivity index is 1.39. The Morgan fingerprint density at radius 2 is 1.96 bits per heavy atom. The van der Waals surface area contributed by atoms with Gasteiger partial charge in [-0.1, -0.05) is 36.8 Å². The van der Waals surface area contributed by atoms with Gasteiger partial charge in [-0.05, 0) is 49.0 Å². The van der Waals surface area contributed by atoms with Gasteiger partial charge in [0.1, 0.15) is 0 Å². The zero-order valence-electron chi connectivity index (χ0n) is 15.2. The zero-order valence-corrected chi connectivity index (χ0v) is 16.0. The molecule has 0 spiro atoms. The maximum absolute atomic E-state index is 11.7. The normalized spacial score (nSPS) is 32.7. The standard InChI is InChI=1S/C20H29N3O2S/c24-26(25)9-8-17(14-26)13-22-20(21-12-15-4-2-1-3-5-15)23-19-11-16-6-7-18(19)10-16/h1-5,16-19H,6-14H2,(H2,21,22,23). The van der Waals surface area contributed by atoms with Gasteiger partial charge in [-0.15, -0.1) is 0 Å². The van der Waals surface area contributed by atoms with E-state index in [2.05, 4.69) is 22.8 Å². The van der Waals surface area contributed by atoms with Crippen LogP contribution in [0.4, 0.5) is 0 Å². The van der Waals surface area contributed by atoms with Gasteiger partial charge in [0.15, 0.2) is 15.8 Å². The first-order valence-corrected chi connectivity index (χ1v) is 11.7. The van der Waals surface area contributed by atoms with Crippen molar-refractivity contribution in [2.45, 2.75) is 44.7 Å². The lowest BCUT2D eigenvalue weighted by Crippen LogP contribution is -2.47. The van der Waals surface area contributed by atoms with Crippen molar-refractivity contribution in [2.75, 3.05) is 18.1 Å². The molecule has 3 fully saturated rings. The second kappa shape index (κ2) is 7.59. The van der Waals surface area contributed by atoms with Crippen LogP contribution in [0.25, 0.3) is 0 Å². The van der Waals surface area contributed by atoms with E-state index in [1.807, 2.05) is 18.2 Å². The highest BCUT2D eigenvalue weighted by molar-refractivity contribution is 7.91. The van der Waals surface area contributed by atoms with Crippen molar-refractivity contribution in [1.82, 2.24) is 10.6 Å². The number of benzene rings is 1. The largest absolute Gasteiger partial charge is 0.356 e. The van der Waals surface area contributed by atoms with Crippen molar-refractivity contribution < 1.29 is 8.42 Å². The predicted molar refractivity (Wildman–Crippen MR) is 105 cm³/mol. The van der Waals surface area contributed by atoms with Crippen molar-refractivity contribution >= 4 is 15.8 Å². The van der Waals surface area contributed by atoms with E-state index in [1.54, 1.807) is 0 Å². The third-order valence-electron chi connectivity index (χ3n) is 6.21. The Labute approximate surface area is 156 Å². The van der Waals surface area contributed by atoms with Crippen molar-refractivity contribution in [1.29, 1.82) is 0 Å². The summed E-state index contributed by atoms with van der Waals surface area (Å²) in [4.78, 5) is 4.78. The quantitative estimate of drug-likeness (QED) is 0.612. The van der Waals surface area contributed by atoms with E-state index >= 15 is 0 Å². The summed E-state index contributed by atoms with van der Waals surface area (Å²) in [7, 11) is -2.83. The van der Waals surface area contributed by atoms with Crippen LogP contribution in [-0.4, -0.2) is 38.5 Å². The number of sulfone groups is 1. The first-order valence-electron chi connectivity index (χ1n) is 9.86. The summed E-state index contributed by atoms with van der Waals surface area (Å²) in [5.41, 5.74) is 1.19. The molecule has 1 saturated heterocycles. The van der Waals surface area contributed by atoms with E-state index in [0.717, 1.165) is 24.2 Å². The summed E-state index contributed by atoms with van der Waals surface area (Å²) in [5, 5.41) is 7.08. The van der Waals surface area contributed by atoms with Crippen LogP contribution in [0.15, 0.2) is 35.3 Å². The van der Waals surface area contributed by atoms with E-state index in [0.29, 0.717) is 30.6 Å². The molecule has 4 atom stereocenters. The SMILES string of the molecule is O=S1(=O)CCC(CNC(=NCc2ccccc2)NC2CC3CCC2C3)C1. The molecular weight excluding hydrogens is 346 g/mol. The number of aliphatic imine (C=N–C) groups is 1. The van der Waals surface area contributed by atoms with Crippen molar-refractivity contribution in [3.8, 4) is 0 Å². The Kier molecular flexibility index (Phi) is 5.20. The second-order valence-corrected chi connectivity index (χ2v) is 10.5. The summed E-state index contributed by atoms with van der Waals surface area (Å²) in [5.74, 6) is 3.33. The van der Waals surface area contributed by atoms with E-state index in [1.165, 1.54) is 31.2 Å². The van der Waals surface area contributed by atoms with Crippen LogP contribution in [-0.2, 0) is 16.4 Å². The smallest absolute Gasteiger partial charge is 0.191 e. The molecule has 2 aliphatic carbocycles. The molecule has 26 heavy (non-hydrogen) atoms. The molecule has 1 aromatic rings. The molecule has 2 saturated carbocycles. The van der Waals surface area contributed by atoms with Gasteiger partial charge < -0.3 is 10.6 Å². The first kappa shape index (κ1) is 17.8. The lowest BCUT2D eigenvalue weighted by molar-refractivity contribution is 0.386. The maximum Gasteiger partial charge on any atom is 0.191 e. The second-order valence-electron chi connectivity index (χ2n) is 8.23. The van der Waals surface area contributed by atoms with Gasteiger partial charge in [0.25, 0.3) is 0 Å². The van der Waals surface area contributed by atoms with Crippen LogP contribution in [0.2, 0.25) is 0 Å². The number of rotatable bonds is 5. The molecule has 1 aliphatic heterocycles. The Hall–Kier alpha value is -1.56. The maximum atomic E-state index is 11.7. The van der Waals surface area contributed by atoms with Gasteiger partial charge in [0.2, 0.25) is 0 Å². The molecule has 0 amide bonds. The lowest BCUT2D eigenvalue weighted by Gasteiger charge is -2.26. The third-order valence-corrected chi connectivity index (χ3v) is 8.04. The number of nitrogens with zero attached hydrogens (tertiary/aromatic N) is 1. The molecule has 0 radical (unpaired) electrons. The van der Waals surface area contributed by atoms with Crippen molar-refractivity contribution in [2.24, 2.45) is 22.7 Å². The minimum Gasteiger partial charge on any atom is -0.356 e. The Bertz CT molecular complexity index is 748. The topological polar surface area (TPSA) is 70.6 Å². The van der Waals surface area contributed by atoms with Crippen LogP contribution in [0.1, 0.15) is 37.7 Å². The van der Waals surface area contributed by atoms with E-state index in [-0.39, 0.29) is 5.92 Å². The molecule has 1 aromatic carbocycles. The van der Waals surface area contributed by atoms with Crippen LogP contribution in [0, 0.1) is 17.8 Å². The first-order chi connectivity index (χ1) is 12.6. The van der Waals surface area contributed by atoms with E-state index in [9.17, 15) is 8.42 Å². The van der Waals surface area contributed by atoms with Gasteiger partial charge in [-0.2, -0.15) is 0 Å². The summed E-state index contributed by atoms with van der Waals surface area (Å²) >= 11 is 0. The molecule has 5 nitrogen and oxygen atoms in total. The molecule has 2 bridgehead atoms. The highest BCUT2D eigenvalue weighted by atomic mass is 32.2. The number of guanidine groups is 1. The molecule has 0 aromatic heterocycles. The van der Waals surface area contributed by atoms with Crippen molar-refractivity contribution in [3.63, 3.8) is 0 Å². The highest BCUT2D eigenvalue weighted by Crippen LogP contribution is 2.44. The molecule has 3 aliphatic rings. The van der Waals surface area contributed by atoms with Crippen LogP contribution >= 0.6 is 0 Å². The average Bonchev–Trinajstić information content (AvgIpc) is 3.33. The highest BCUT2D eigenvalue weighted by Gasteiger charge is 2.40. The minimum atomic E-state index is -2.83. The fraction of sp³-hybridized carbons (Fsp3) is 0.650.